The fraction of sp³-hybridized carbons (Fsp3) is 0.900. The van der Waals surface area contributed by atoms with Crippen molar-refractivity contribution in [2.45, 2.75) is 26.7 Å². The zero-order valence-corrected chi connectivity index (χ0v) is 8.49. The number of rotatable bonds is 3. The van der Waals surface area contributed by atoms with E-state index in [0.717, 1.165) is 32.5 Å². The summed E-state index contributed by atoms with van der Waals surface area (Å²) < 4.78 is 0. The molecule has 1 heterocycles. The lowest BCUT2D eigenvalue weighted by Crippen LogP contribution is -2.40. The molecule has 0 aliphatic carbocycles. The molecule has 1 aliphatic heterocycles. The van der Waals surface area contributed by atoms with Gasteiger partial charge in [0.2, 0.25) is 0 Å². The quantitative estimate of drug-likeness (QED) is 0.723. The Bertz CT molecular complexity index is 180. The van der Waals surface area contributed by atoms with E-state index in [9.17, 15) is 4.79 Å². The Morgan fingerprint density at radius 3 is 2.85 bits per heavy atom. The van der Waals surface area contributed by atoms with Crippen molar-refractivity contribution in [2.75, 3.05) is 19.6 Å². The third-order valence-electron chi connectivity index (χ3n) is 2.48. The SMILES string of the molecule is CC(C)CN1CCCC(C(=O)O)C1. The first-order valence-corrected chi connectivity index (χ1v) is 5.04. The molecule has 0 amide bonds. The van der Waals surface area contributed by atoms with Gasteiger partial charge < -0.3 is 10.0 Å². The maximum absolute atomic E-state index is 10.8. The van der Waals surface area contributed by atoms with Crippen LogP contribution in [0.2, 0.25) is 0 Å². The van der Waals surface area contributed by atoms with Crippen molar-refractivity contribution in [3.8, 4) is 0 Å². The number of likely N-dealkylation sites (tertiary alicyclic amines) is 1. The Hall–Kier alpha value is -0.570. The first-order chi connectivity index (χ1) is 6.09. The number of hydrogen-bond acceptors (Lipinski definition) is 2. The zero-order valence-electron chi connectivity index (χ0n) is 8.49. The van der Waals surface area contributed by atoms with Gasteiger partial charge in [-0.2, -0.15) is 0 Å². The van der Waals surface area contributed by atoms with E-state index in [1.807, 2.05) is 0 Å². The van der Waals surface area contributed by atoms with Crippen LogP contribution in [0.3, 0.4) is 0 Å². The van der Waals surface area contributed by atoms with E-state index in [2.05, 4.69) is 18.7 Å². The van der Waals surface area contributed by atoms with Crippen LogP contribution in [0.5, 0.6) is 0 Å². The van der Waals surface area contributed by atoms with E-state index in [0.29, 0.717) is 5.92 Å². The highest BCUT2D eigenvalue weighted by Crippen LogP contribution is 2.17. The van der Waals surface area contributed by atoms with E-state index < -0.39 is 5.97 Å². The van der Waals surface area contributed by atoms with Crippen LogP contribution < -0.4 is 0 Å². The maximum Gasteiger partial charge on any atom is 0.307 e. The lowest BCUT2D eigenvalue weighted by molar-refractivity contribution is -0.143. The Kier molecular flexibility index (Phi) is 3.72. The predicted octanol–water partition coefficient (Wildman–Crippen LogP) is 1.44. The van der Waals surface area contributed by atoms with Crippen LogP contribution in [0.15, 0.2) is 0 Å². The van der Waals surface area contributed by atoms with Gasteiger partial charge in [0.25, 0.3) is 0 Å². The van der Waals surface area contributed by atoms with E-state index in [1.165, 1.54) is 0 Å². The van der Waals surface area contributed by atoms with Crippen LogP contribution in [0.25, 0.3) is 0 Å². The lowest BCUT2D eigenvalue weighted by atomic mass is 9.97. The third kappa shape index (κ3) is 3.35. The molecule has 1 fully saturated rings. The number of aliphatic carboxylic acids is 1. The summed E-state index contributed by atoms with van der Waals surface area (Å²) in [4.78, 5) is 13.0. The van der Waals surface area contributed by atoms with E-state index in [-0.39, 0.29) is 5.92 Å². The second-order valence-electron chi connectivity index (χ2n) is 4.33. The van der Waals surface area contributed by atoms with E-state index in [1.54, 1.807) is 0 Å². The van der Waals surface area contributed by atoms with Gasteiger partial charge in [-0.05, 0) is 25.3 Å². The van der Waals surface area contributed by atoms with Gasteiger partial charge in [0.15, 0.2) is 0 Å². The van der Waals surface area contributed by atoms with Gasteiger partial charge in [0, 0.05) is 13.1 Å². The van der Waals surface area contributed by atoms with Crippen molar-refractivity contribution >= 4 is 5.97 Å². The summed E-state index contributed by atoms with van der Waals surface area (Å²) >= 11 is 0. The molecule has 1 atom stereocenters. The van der Waals surface area contributed by atoms with Gasteiger partial charge in [-0.1, -0.05) is 13.8 Å². The molecule has 0 aromatic rings. The molecule has 0 spiro atoms. The van der Waals surface area contributed by atoms with Crippen LogP contribution in [0.1, 0.15) is 26.7 Å². The molecule has 3 nitrogen and oxygen atoms in total. The van der Waals surface area contributed by atoms with Crippen LogP contribution in [0.4, 0.5) is 0 Å². The number of carbonyl (C=O) groups is 1. The molecule has 0 saturated carbocycles. The predicted molar refractivity (Wildman–Crippen MR) is 51.6 cm³/mol. The summed E-state index contributed by atoms with van der Waals surface area (Å²) in [5.74, 6) is -0.131. The molecule has 1 unspecified atom stereocenters. The molecule has 0 aromatic carbocycles. The fourth-order valence-corrected chi connectivity index (χ4v) is 1.94. The highest BCUT2D eigenvalue weighted by atomic mass is 16.4. The minimum Gasteiger partial charge on any atom is -0.481 e. The minimum absolute atomic E-state index is 0.132. The van der Waals surface area contributed by atoms with Crippen molar-refractivity contribution in [2.24, 2.45) is 11.8 Å². The number of piperidine rings is 1. The third-order valence-corrected chi connectivity index (χ3v) is 2.48. The van der Waals surface area contributed by atoms with Crippen LogP contribution in [0, 0.1) is 11.8 Å². The first kappa shape index (κ1) is 10.5. The molecule has 0 radical (unpaired) electrons. The van der Waals surface area contributed by atoms with Crippen LogP contribution >= 0.6 is 0 Å². The second kappa shape index (κ2) is 4.61. The molecular weight excluding hydrogens is 166 g/mol. The Morgan fingerprint density at radius 2 is 2.31 bits per heavy atom. The highest BCUT2D eigenvalue weighted by molar-refractivity contribution is 5.70. The second-order valence-corrected chi connectivity index (χ2v) is 4.33. The zero-order chi connectivity index (χ0) is 9.84. The topological polar surface area (TPSA) is 40.5 Å². The molecular formula is C10H19NO2. The summed E-state index contributed by atoms with van der Waals surface area (Å²) in [6.45, 7) is 7.19. The molecule has 1 saturated heterocycles. The summed E-state index contributed by atoms with van der Waals surface area (Å²) in [5, 5.41) is 8.86. The van der Waals surface area contributed by atoms with Gasteiger partial charge >= 0.3 is 5.97 Å². The Labute approximate surface area is 79.7 Å². The standard InChI is InChI=1S/C10H19NO2/c1-8(2)6-11-5-3-4-9(7-11)10(12)13/h8-9H,3-7H2,1-2H3,(H,12,13). The molecule has 3 heteroatoms. The van der Waals surface area contributed by atoms with Crippen LogP contribution in [-0.4, -0.2) is 35.6 Å². The van der Waals surface area contributed by atoms with Gasteiger partial charge in [-0.3, -0.25) is 4.79 Å². The number of carboxylic acids is 1. The smallest absolute Gasteiger partial charge is 0.307 e. The van der Waals surface area contributed by atoms with Crippen molar-refractivity contribution < 1.29 is 9.90 Å². The van der Waals surface area contributed by atoms with Crippen molar-refractivity contribution in [1.29, 1.82) is 0 Å². The normalized spacial score (nSPS) is 25.0. The largest absolute Gasteiger partial charge is 0.481 e. The maximum atomic E-state index is 10.8. The molecule has 13 heavy (non-hydrogen) atoms. The summed E-state index contributed by atoms with van der Waals surface area (Å²) in [6, 6.07) is 0. The molecule has 1 aliphatic rings. The highest BCUT2D eigenvalue weighted by Gasteiger charge is 2.25. The van der Waals surface area contributed by atoms with E-state index >= 15 is 0 Å². The number of hydrogen-bond donors (Lipinski definition) is 1. The molecule has 1 N–H and O–H groups in total. The summed E-state index contributed by atoms with van der Waals surface area (Å²) in [6.07, 6.45) is 1.88. The van der Waals surface area contributed by atoms with E-state index in [4.69, 9.17) is 5.11 Å². The number of nitrogens with zero attached hydrogens (tertiary/aromatic N) is 1. The summed E-state index contributed by atoms with van der Waals surface area (Å²) in [7, 11) is 0. The monoisotopic (exact) mass is 185 g/mol. The van der Waals surface area contributed by atoms with Gasteiger partial charge in [-0.15, -0.1) is 0 Å². The van der Waals surface area contributed by atoms with Gasteiger partial charge in [0.05, 0.1) is 5.92 Å². The average molecular weight is 185 g/mol. The minimum atomic E-state index is -0.631. The van der Waals surface area contributed by atoms with Crippen LogP contribution in [-0.2, 0) is 4.79 Å². The van der Waals surface area contributed by atoms with Crippen molar-refractivity contribution in [1.82, 2.24) is 4.90 Å². The lowest BCUT2D eigenvalue weighted by Gasteiger charge is -2.31. The van der Waals surface area contributed by atoms with Gasteiger partial charge in [0.1, 0.15) is 0 Å². The Morgan fingerprint density at radius 1 is 1.62 bits per heavy atom. The van der Waals surface area contributed by atoms with Gasteiger partial charge in [-0.25, -0.2) is 0 Å². The Balaban J connectivity index is 2.37. The average Bonchev–Trinajstić information content (AvgIpc) is 2.03. The first-order valence-electron chi connectivity index (χ1n) is 5.04. The summed E-state index contributed by atoms with van der Waals surface area (Å²) in [5.41, 5.74) is 0. The molecule has 0 bridgehead atoms. The molecule has 1 rings (SSSR count). The molecule has 0 aromatic heterocycles. The van der Waals surface area contributed by atoms with Crippen molar-refractivity contribution in [3.05, 3.63) is 0 Å². The van der Waals surface area contributed by atoms with Crippen molar-refractivity contribution in [3.63, 3.8) is 0 Å². The fourth-order valence-electron chi connectivity index (χ4n) is 1.94. The molecule has 76 valence electrons. The number of carboxylic acid groups (broad SMARTS) is 1.